The van der Waals surface area contributed by atoms with Gasteiger partial charge in [-0.05, 0) is 55.3 Å². The lowest BCUT2D eigenvalue weighted by molar-refractivity contribution is -0.146. The summed E-state index contributed by atoms with van der Waals surface area (Å²) in [6, 6.07) is 13.8. The first-order valence-corrected chi connectivity index (χ1v) is 9.74. The number of aryl methyl sites for hydroxylation is 1. The van der Waals surface area contributed by atoms with Crippen LogP contribution in [0.1, 0.15) is 18.9 Å². The number of rotatable bonds is 10. The van der Waals surface area contributed by atoms with E-state index in [1.165, 1.54) is 6.07 Å². The van der Waals surface area contributed by atoms with Gasteiger partial charge in [-0.2, -0.15) is 0 Å². The van der Waals surface area contributed by atoms with Gasteiger partial charge in [0.1, 0.15) is 36.0 Å². The summed E-state index contributed by atoms with van der Waals surface area (Å²) in [4.78, 5) is 23.3. The highest BCUT2D eigenvalue weighted by atomic mass is 16.6. The molecule has 0 spiro atoms. The summed E-state index contributed by atoms with van der Waals surface area (Å²) in [6.45, 7) is 4.61. The molecule has 1 aromatic heterocycles. The molecule has 30 heavy (non-hydrogen) atoms. The Morgan fingerprint density at radius 3 is 2.23 bits per heavy atom. The molecular weight excluding hydrogens is 388 g/mol. The molecule has 0 unspecified atom stereocenters. The van der Waals surface area contributed by atoms with Gasteiger partial charge in [-0.25, -0.2) is 9.59 Å². The number of carbonyl (C=O) groups excluding carboxylic acids is 1. The standard InChI is InChI=1S/C23H24O7/c1-3-10-26-17-4-6-18(7-5-17)27-11-12-28-23(25)15-29-19-8-9-20-16(2)13-22(24)30-21(20)14-19/h4-9,13-14H,3,10-12,15H2,1-2H3. The summed E-state index contributed by atoms with van der Waals surface area (Å²) in [5, 5.41) is 0.812. The Morgan fingerprint density at radius 1 is 0.867 bits per heavy atom. The van der Waals surface area contributed by atoms with E-state index in [-0.39, 0.29) is 19.8 Å². The van der Waals surface area contributed by atoms with Crippen LogP contribution in [0, 0.1) is 6.92 Å². The first-order valence-electron chi connectivity index (χ1n) is 9.74. The lowest BCUT2D eigenvalue weighted by Gasteiger charge is -2.10. The molecule has 7 heteroatoms. The fourth-order valence-electron chi connectivity index (χ4n) is 2.75. The predicted molar refractivity (Wildman–Crippen MR) is 111 cm³/mol. The van der Waals surface area contributed by atoms with Crippen LogP contribution in [0.15, 0.2) is 57.7 Å². The molecule has 0 aliphatic heterocycles. The molecule has 7 nitrogen and oxygen atoms in total. The van der Waals surface area contributed by atoms with E-state index in [2.05, 4.69) is 0 Å². The van der Waals surface area contributed by atoms with Gasteiger partial charge < -0.3 is 23.4 Å². The fourth-order valence-corrected chi connectivity index (χ4v) is 2.75. The fraction of sp³-hybridized carbons (Fsp3) is 0.304. The quantitative estimate of drug-likeness (QED) is 0.284. The normalized spacial score (nSPS) is 10.6. The first kappa shape index (κ1) is 21.2. The zero-order valence-electron chi connectivity index (χ0n) is 17.0. The second kappa shape index (κ2) is 10.3. The van der Waals surface area contributed by atoms with Crippen LogP contribution >= 0.6 is 0 Å². The Labute approximate surface area is 174 Å². The molecule has 0 N–H and O–H groups in total. The second-order valence-electron chi connectivity index (χ2n) is 6.58. The minimum absolute atomic E-state index is 0.0993. The van der Waals surface area contributed by atoms with E-state index in [1.807, 2.05) is 26.0 Å². The second-order valence-corrected chi connectivity index (χ2v) is 6.58. The molecule has 0 amide bonds. The van der Waals surface area contributed by atoms with Gasteiger partial charge in [0.15, 0.2) is 6.61 Å². The molecule has 1 heterocycles. The van der Waals surface area contributed by atoms with Crippen LogP contribution < -0.4 is 19.8 Å². The Bertz CT molecular complexity index is 1040. The zero-order valence-corrected chi connectivity index (χ0v) is 17.0. The average Bonchev–Trinajstić information content (AvgIpc) is 2.74. The van der Waals surface area contributed by atoms with Gasteiger partial charge in [-0.3, -0.25) is 0 Å². The summed E-state index contributed by atoms with van der Waals surface area (Å²) >= 11 is 0. The Kier molecular flexibility index (Phi) is 7.32. The molecule has 0 aliphatic carbocycles. The van der Waals surface area contributed by atoms with Crippen LogP contribution in [0.25, 0.3) is 11.0 Å². The van der Waals surface area contributed by atoms with Gasteiger partial charge in [0.2, 0.25) is 0 Å². The van der Waals surface area contributed by atoms with Crippen molar-refractivity contribution in [3.8, 4) is 17.2 Å². The van der Waals surface area contributed by atoms with Crippen molar-refractivity contribution in [2.24, 2.45) is 0 Å². The summed E-state index contributed by atoms with van der Waals surface area (Å²) in [7, 11) is 0. The summed E-state index contributed by atoms with van der Waals surface area (Å²) < 4.78 is 26.7. The van der Waals surface area contributed by atoms with Crippen molar-refractivity contribution >= 4 is 16.9 Å². The molecule has 0 aliphatic rings. The third-order valence-electron chi connectivity index (χ3n) is 4.19. The molecular formula is C23H24O7. The van der Waals surface area contributed by atoms with E-state index in [0.717, 1.165) is 23.1 Å². The number of benzene rings is 2. The highest BCUT2D eigenvalue weighted by Crippen LogP contribution is 2.22. The third kappa shape index (κ3) is 6.01. The van der Waals surface area contributed by atoms with Crippen LogP contribution in [0.5, 0.6) is 17.2 Å². The molecule has 0 bridgehead atoms. The van der Waals surface area contributed by atoms with E-state index in [1.54, 1.807) is 30.3 Å². The molecule has 3 aromatic rings. The zero-order chi connectivity index (χ0) is 21.3. The van der Waals surface area contributed by atoms with Crippen molar-refractivity contribution in [1.82, 2.24) is 0 Å². The van der Waals surface area contributed by atoms with E-state index >= 15 is 0 Å². The van der Waals surface area contributed by atoms with Gasteiger partial charge in [0.25, 0.3) is 0 Å². The van der Waals surface area contributed by atoms with E-state index < -0.39 is 11.6 Å². The molecule has 3 rings (SSSR count). The highest BCUT2D eigenvalue weighted by molar-refractivity contribution is 5.81. The van der Waals surface area contributed by atoms with Gasteiger partial charge in [-0.15, -0.1) is 0 Å². The van der Waals surface area contributed by atoms with Gasteiger partial charge in [0, 0.05) is 17.5 Å². The van der Waals surface area contributed by atoms with Crippen LogP contribution in [-0.4, -0.2) is 32.4 Å². The first-order chi connectivity index (χ1) is 14.5. The molecule has 158 valence electrons. The molecule has 2 aromatic carbocycles. The third-order valence-corrected chi connectivity index (χ3v) is 4.19. The van der Waals surface area contributed by atoms with E-state index in [9.17, 15) is 9.59 Å². The van der Waals surface area contributed by atoms with Crippen molar-refractivity contribution < 1.29 is 28.2 Å². The topological polar surface area (TPSA) is 84.2 Å². The number of esters is 1. The smallest absolute Gasteiger partial charge is 0.344 e. The summed E-state index contributed by atoms with van der Waals surface area (Å²) in [5.74, 6) is 1.34. The van der Waals surface area contributed by atoms with Crippen molar-refractivity contribution in [1.29, 1.82) is 0 Å². The molecule has 0 radical (unpaired) electrons. The summed E-state index contributed by atoms with van der Waals surface area (Å²) in [5.41, 5.74) is 0.792. The number of hydrogen-bond acceptors (Lipinski definition) is 7. The maximum Gasteiger partial charge on any atom is 0.344 e. The van der Waals surface area contributed by atoms with Gasteiger partial charge in [0.05, 0.1) is 6.61 Å². The Hall–Kier alpha value is -3.48. The predicted octanol–water partition coefficient (Wildman–Crippen LogP) is 3.89. The monoisotopic (exact) mass is 412 g/mol. The van der Waals surface area contributed by atoms with Crippen LogP contribution in [0.3, 0.4) is 0 Å². The minimum atomic E-state index is -0.521. The Balaban J connectivity index is 1.40. The molecule has 0 saturated carbocycles. The van der Waals surface area contributed by atoms with Gasteiger partial charge in [-0.1, -0.05) is 6.92 Å². The van der Waals surface area contributed by atoms with Crippen molar-refractivity contribution in [2.45, 2.75) is 20.3 Å². The minimum Gasteiger partial charge on any atom is -0.494 e. The molecule has 0 fully saturated rings. The highest BCUT2D eigenvalue weighted by Gasteiger charge is 2.08. The van der Waals surface area contributed by atoms with Crippen molar-refractivity contribution in [2.75, 3.05) is 26.4 Å². The molecule has 0 atom stereocenters. The number of ether oxygens (including phenoxy) is 4. The maximum atomic E-state index is 11.9. The van der Waals surface area contributed by atoms with Crippen LogP contribution in [-0.2, 0) is 9.53 Å². The van der Waals surface area contributed by atoms with Crippen molar-refractivity contribution in [3.63, 3.8) is 0 Å². The number of hydrogen-bond donors (Lipinski definition) is 0. The maximum absolute atomic E-state index is 11.9. The van der Waals surface area contributed by atoms with Crippen molar-refractivity contribution in [3.05, 3.63) is 64.5 Å². The van der Waals surface area contributed by atoms with E-state index in [0.29, 0.717) is 23.7 Å². The lowest BCUT2D eigenvalue weighted by atomic mass is 10.1. The largest absolute Gasteiger partial charge is 0.494 e. The average molecular weight is 412 g/mol. The lowest BCUT2D eigenvalue weighted by Crippen LogP contribution is -2.18. The SMILES string of the molecule is CCCOc1ccc(OCCOC(=O)COc2ccc3c(C)cc(=O)oc3c2)cc1. The van der Waals surface area contributed by atoms with Gasteiger partial charge >= 0.3 is 11.6 Å². The Morgan fingerprint density at radius 2 is 1.53 bits per heavy atom. The molecule has 0 saturated heterocycles. The van der Waals surface area contributed by atoms with Crippen LogP contribution in [0.4, 0.5) is 0 Å². The summed E-state index contributed by atoms with van der Waals surface area (Å²) in [6.07, 6.45) is 0.949. The van der Waals surface area contributed by atoms with E-state index in [4.69, 9.17) is 23.4 Å². The number of carbonyl (C=O) groups is 1. The number of fused-ring (bicyclic) bond motifs is 1. The van der Waals surface area contributed by atoms with Crippen LogP contribution in [0.2, 0.25) is 0 Å².